The number of aliphatic carboxylic acids is 1. The van der Waals surface area contributed by atoms with E-state index in [1.807, 2.05) is 13.8 Å². The summed E-state index contributed by atoms with van der Waals surface area (Å²) in [6.45, 7) is 5.10. The zero-order valence-corrected chi connectivity index (χ0v) is 19.9. The van der Waals surface area contributed by atoms with Crippen molar-refractivity contribution in [2.24, 2.45) is 5.92 Å². The summed E-state index contributed by atoms with van der Waals surface area (Å²) in [4.78, 5) is 37.5. The third-order valence-corrected chi connectivity index (χ3v) is 5.55. The minimum atomic E-state index is -1.06. The topological polar surface area (TPSA) is 113 Å². The first-order chi connectivity index (χ1) is 16.5. The molecule has 0 saturated heterocycles. The van der Waals surface area contributed by atoms with Gasteiger partial charge in [0.25, 0.3) is 5.91 Å². The molecule has 0 bridgehead atoms. The van der Waals surface area contributed by atoms with Gasteiger partial charge in [-0.2, -0.15) is 5.10 Å². The molecule has 3 aromatic rings. The Morgan fingerprint density at radius 3 is 2.31 bits per heavy atom. The lowest BCUT2D eigenvalue weighted by Crippen LogP contribution is -2.54. The average Bonchev–Trinajstić information content (AvgIpc) is 3.34. The smallest absolute Gasteiger partial charge is 0.306 e. The quantitative estimate of drug-likeness (QED) is 0.412. The Morgan fingerprint density at radius 2 is 1.74 bits per heavy atom. The normalized spacial score (nSPS) is 13.0. The SMILES string of the molecule is CC(CC(NC(=O)c1ccc(-n2cccn2)cc1)C(=O)NC(C)(C)Cc1ccc(F)cc1)C(=O)O. The van der Waals surface area contributed by atoms with Crippen LogP contribution in [0.25, 0.3) is 5.69 Å². The van der Waals surface area contributed by atoms with Gasteiger partial charge in [-0.3, -0.25) is 14.4 Å². The van der Waals surface area contributed by atoms with Gasteiger partial charge in [0.2, 0.25) is 5.91 Å². The molecule has 0 radical (unpaired) electrons. The lowest BCUT2D eigenvalue weighted by Gasteiger charge is -2.30. The largest absolute Gasteiger partial charge is 0.481 e. The minimum Gasteiger partial charge on any atom is -0.481 e. The van der Waals surface area contributed by atoms with E-state index in [1.165, 1.54) is 19.1 Å². The molecule has 9 heteroatoms. The second-order valence-electron chi connectivity index (χ2n) is 9.17. The van der Waals surface area contributed by atoms with E-state index in [4.69, 9.17) is 0 Å². The summed E-state index contributed by atoms with van der Waals surface area (Å²) in [7, 11) is 0. The molecule has 2 aromatic carbocycles. The second-order valence-corrected chi connectivity index (χ2v) is 9.17. The molecule has 0 aliphatic heterocycles. The van der Waals surface area contributed by atoms with E-state index in [1.54, 1.807) is 59.5 Å². The molecule has 0 aliphatic carbocycles. The fraction of sp³-hybridized carbons (Fsp3) is 0.308. The maximum atomic E-state index is 13.2. The van der Waals surface area contributed by atoms with Crippen LogP contribution in [0.3, 0.4) is 0 Å². The fourth-order valence-electron chi connectivity index (χ4n) is 3.69. The van der Waals surface area contributed by atoms with Gasteiger partial charge in [-0.15, -0.1) is 0 Å². The molecule has 2 unspecified atom stereocenters. The molecule has 1 heterocycles. The molecule has 2 atom stereocenters. The summed E-state index contributed by atoms with van der Waals surface area (Å²) < 4.78 is 14.9. The maximum Gasteiger partial charge on any atom is 0.306 e. The molecular formula is C26H29FN4O4. The van der Waals surface area contributed by atoms with Gasteiger partial charge in [-0.25, -0.2) is 9.07 Å². The average molecular weight is 481 g/mol. The van der Waals surface area contributed by atoms with Gasteiger partial charge in [-0.05, 0) is 74.7 Å². The van der Waals surface area contributed by atoms with Gasteiger partial charge in [-0.1, -0.05) is 19.1 Å². The number of nitrogens with one attached hydrogen (secondary N) is 2. The Labute approximate surface area is 203 Å². The van der Waals surface area contributed by atoms with E-state index >= 15 is 0 Å². The summed E-state index contributed by atoms with van der Waals surface area (Å²) in [5.41, 5.74) is 1.19. The lowest BCUT2D eigenvalue weighted by atomic mass is 9.93. The van der Waals surface area contributed by atoms with Crippen molar-refractivity contribution in [2.75, 3.05) is 0 Å². The molecule has 0 fully saturated rings. The van der Waals surface area contributed by atoms with Crippen molar-refractivity contribution in [3.8, 4) is 5.69 Å². The number of carboxylic acids is 1. The highest BCUT2D eigenvalue weighted by Gasteiger charge is 2.30. The molecule has 1 aromatic heterocycles. The second kappa shape index (κ2) is 10.9. The van der Waals surface area contributed by atoms with Crippen LogP contribution >= 0.6 is 0 Å². The van der Waals surface area contributed by atoms with Crippen molar-refractivity contribution in [2.45, 2.75) is 45.2 Å². The zero-order chi connectivity index (χ0) is 25.6. The number of amides is 2. The van der Waals surface area contributed by atoms with Crippen LogP contribution < -0.4 is 10.6 Å². The molecule has 184 valence electrons. The summed E-state index contributed by atoms with van der Waals surface area (Å²) in [6.07, 6.45) is 3.76. The van der Waals surface area contributed by atoms with Crippen LogP contribution in [0.15, 0.2) is 67.0 Å². The fourth-order valence-corrected chi connectivity index (χ4v) is 3.69. The van der Waals surface area contributed by atoms with E-state index < -0.39 is 35.3 Å². The van der Waals surface area contributed by atoms with Gasteiger partial charge in [0.1, 0.15) is 11.9 Å². The summed E-state index contributed by atoms with van der Waals surface area (Å²) in [5, 5.41) is 19.1. The van der Waals surface area contributed by atoms with E-state index in [0.717, 1.165) is 11.3 Å². The number of benzene rings is 2. The van der Waals surface area contributed by atoms with Crippen molar-refractivity contribution < 1.29 is 23.9 Å². The van der Waals surface area contributed by atoms with Gasteiger partial charge < -0.3 is 15.7 Å². The van der Waals surface area contributed by atoms with E-state index in [2.05, 4.69) is 15.7 Å². The molecule has 0 spiro atoms. The van der Waals surface area contributed by atoms with Crippen molar-refractivity contribution in [1.82, 2.24) is 20.4 Å². The molecule has 0 saturated carbocycles. The van der Waals surface area contributed by atoms with Gasteiger partial charge in [0, 0.05) is 23.5 Å². The first kappa shape index (κ1) is 25.6. The first-order valence-corrected chi connectivity index (χ1v) is 11.2. The summed E-state index contributed by atoms with van der Waals surface area (Å²) in [5.74, 6) is -3.25. The number of carbonyl (C=O) groups excluding carboxylic acids is 2. The Morgan fingerprint density at radius 1 is 1.09 bits per heavy atom. The van der Waals surface area contributed by atoms with Crippen LogP contribution in [-0.4, -0.2) is 44.3 Å². The van der Waals surface area contributed by atoms with Crippen molar-refractivity contribution >= 4 is 17.8 Å². The molecule has 8 nitrogen and oxygen atoms in total. The Hall–Kier alpha value is -4.01. The zero-order valence-electron chi connectivity index (χ0n) is 19.9. The third-order valence-electron chi connectivity index (χ3n) is 5.55. The summed E-state index contributed by atoms with van der Waals surface area (Å²) in [6, 6.07) is 13.4. The lowest BCUT2D eigenvalue weighted by molar-refractivity contribution is -0.141. The van der Waals surface area contributed by atoms with Gasteiger partial charge in [0.15, 0.2) is 0 Å². The number of nitrogens with zero attached hydrogens (tertiary/aromatic N) is 2. The van der Waals surface area contributed by atoms with Crippen LogP contribution in [-0.2, 0) is 16.0 Å². The van der Waals surface area contributed by atoms with Gasteiger partial charge >= 0.3 is 5.97 Å². The Bertz CT molecular complexity index is 1160. The third kappa shape index (κ3) is 7.23. The maximum absolute atomic E-state index is 13.2. The van der Waals surface area contributed by atoms with Crippen molar-refractivity contribution in [3.63, 3.8) is 0 Å². The number of carboxylic acid groups (broad SMARTS) is 1. The van der Waals surface area contributed by atoms with Crippen molar-refractivity contribution in [3.05, 3.63) is 83.9 Å². The minimum absolute atomic E-state index is 0.0785. The monoisotopic (exact) mass is 480 g/mol. The first-order valence-electron chi connectivity index (χ1n) is 11.2. The highest BCUT2D eigenvalue weighted by molar-refractivity contribution is 5.98. The predicted molar refractivity (Wildman–Crippen MR) is 129 cm³/mol. The standard InChI is InChI=1S/C26H29FN4O4/c1-17(25(34)35)15-22(24(33)30-26(2,3)16-18-5-9-20(27)10-6-18)29-23(32)19-7-11-21(12-8-19)31-14-4-13-28-31/h4-14,17,22H,15-16H2,1-3H3,(H,29,32)(H,30,33)(H,34,35). The molecule has 3 rings (SSSR count). The van der Waals surface area contributed by atoms with Gasteiger partial charge in [0.05, 0.1) is 11.6 Å². The van der Waals surface area contributed by atoms with Crippen LogP contribution in [0.2, 0.25) is 0 Å². The summed E-state index contributed by atoms with van der Waals surface area (Å²) >= 11 is 0. The van der Waals surface area contributed by atoms with E-state index in [-0.39, 0.29) is 12.2 Å². The Kier molecular flexibility index (Phi) is 8.01. The molecular weight excluding hydrogens is 451 g/mol. The Balaban J connectivity index is 1.72. The van der Waals surface area contributed by atoms with Crippen molar-refractivity contribution in [1.29, 1.82) is 0 Å². The van der Waals surface area contributed by atoms with Crippen LogP contribution in [0.1, 0.15) is 43.1 Å². The number of carbonyl (C=O) groups is 3. The highest BCUT2D eigenvalue weighted by Crippen LogP contribution is 2.16. The van der Waals surface area contributed by atoms with E-state index in [0.29, 0.717) is 12.0 Å². The van der Waals surface area contributed by atoms with Crippen LogP contribution in [0, 0.1) is 11.7 Å². The molecule has 3 N–H and O–H groups in total. The van der Waals surface area contributed by atoms with Crippen LogP contribution in [0.4, 0.5) is 4.39 Å². The molecule has 0 aliphatic rings. The molecule has 35 heavy (non-hydrogen) atoms. The number of aromatic nitrogens is 2. The number of hydrogen-bond donors (Lipinski definition) is 3. The molecule has 2 amide bonds. The number of halogens is 1. The highest BCUT2D eigenvalue weighted by atomic mass is 19.1. The number of rotatable bonds is 10. The van der Waals surface area contributed by atoms with E-state index in [9.17, 15) is 23.9 Å². The number of hydrogen-bond acceptors (Lipinski definition) is 4. The van der Waals surface area contributed by atoms with Crippen LogP contribution in [0.5, 0.6) is 0 Å². The predicted octanol–water partition coefficient (Wildman–Crippen LogP) is 3.36.